The minimum absolute atomic E-state index is 0.00581. The maximum atomic E-state index is 12.7. The monoisotopic (exact) mass is 393 g/mol. The highest BCUT2D eigenvalue weighted by molar-refractivity contribution is 6.33. The van der Waals surface area contributed by atoms with Gasteiger partial charge in [-0.05, 0) is 42.3 Å². The Morgan fingerprint density at radius 3 is 2.39 bits per heavy atom. The van der Waals surface area contributed by atoms with Gasteiger partial charge in [0.25, 0.3) is 5.91 Å². The van der Waals surface area contributed by atoms with E-state index < -0.39 is 12.0 Å². The Morgan fingerprint density at radius 2 is 1.68 bits per heavy atom. The molecule has 1 atom stereocenters. The molecule has 1 amide bonds. The Labute approximate surface area is 169 Å². The largest absolute Gasteiger partial charge is 0.426 e. The lowest BCUT2D eigenvalue weighted by Crippen LogP contribution is -2.31. The third-order valence-corrected chi connectivity index (χ3v) is 4.55. The summed E-state index contributed by atoms with van der Waals surface area (Å²) in [5.74, 6) is -0.295. The molecule has 0 bridgehead atoms. The number of hydrogen-bond acceptors (Lipinski definition) is 3. The normalized spacial score (nSPS) is 11.5. The van der Waals surface area contributed by atoms with Crippen molar-refractivity contribution in [3.8, 4) is 5.75 Å². The van der Waals surface area contributed by atoms with Gasteiger partial charge in [0, 0.05) is 0 Å². The number of hydrogen-bond donors (Lipinski definition) is 1. The average Bonchev–Trinajstić information content (AvgIpc) is 2.68. The van der Waals surface area contributed by atoms with Gasteiger partial charge < -0.3 is 10.1 Å². The first-order chi connectivity index (χ1) is 13.5. The third-order valence-electron chi connectivity index (χ3n) is 4.22. The highest BCUT2D eigenvalue weighted by Gasteiger charge is 2.21. The fourth-order valence-corrected chi connectivity index (χ4v) is 3.06. The Hall–Kier alpha value is -3.11. The van der Waals surface area contributed by atoms with Crippen molar-refractivity contribution in [1.29, 1.82) is 0 Å². The number of aryl methyl sites for hydroxylation is 1. The Morgan fingerprint density at radius 1 is 0.964 bits per heavy atom. The van der Waals surface area contributed by atoms with E-state index in [0.717, 1.165) is 11.1 Å². The van der Waals surface area contributed by atoms with Gasteiger partial charge >= 0.3 is 5.97 Å². The summed E-state index contributed by atoms with van der Waals surface area (Å²) in [5.41, 5.74) is 2.16. The molecule has 0 heterocycles. The summed E-state index contributed by atoms with van der Waals surface area (Å²) in [5, 5.41) is 3.25. The van der Waals surface area contributed by atoms with Gasteiger partial charge in [0.2, 0.25) is 0 Å². The summed E-state index contributed by atoms with van der Waals surface area (Å²) in [7, 11) is 0. The summed E-state index contributed by atoms with van der Waals surface area (Å²) >= 11 is 6.12. The SMILES string of the molecule is Cc1cccc(OC(=O)C[C@H](NC(=O)c2ccccc2Cl)c2ccccc2)c1. The average molecular weight is 394 g/mol. The van der Waals surface area contributed by atoms with Gasteiger partial charge in [-0.1, -0.05) is 66.2 Å². The molecule has 0 aliphatic heterocycles. The van der Waals surface area contributed by atoms with Gasteiger partial charge in [-0.15, -0.1) is 0 Å². The van der Waals surface area contributed by atoms with Crippen molar-refractivity contribution in [1.82, 2.24) is 5.32 Å². The zero-order valence-electron chi connectivity index (χ0n) is 15.4. The molecular weight excluding hydrogens is 374 g/mol. The minimum Gasteiger partial charge on any atom is -0.426 e. The zero-order valence-corrected chi connectivity index (χ0v) is 16.1. The summed E-state index contributed by atoms with van der Waals surface area (Å²) < 4.78 is 5.44. The number of carbonyl (C=O) groups is 2. The predicted molar refractivity (Wildman–Crippen MR) is 110 cm³/mol. The molecule has 3 rings (SSSR count). The molecule has 0 saturated heterocycles. The van der Waals surface area contributed by atoms with Crippen LogP contribution < -0.4 is 10.1 Å². The molecule has 0 aromatic heterocycles. The number of benzene rings is 3. The van der Waals surface area contributed by atoms with Crippen molar-refractivity contribution in [3.63, 3.8) is 0 Å². The van der Waals surface area contributed by atoms with E-state index in [-0.39, 0.29) is 12.3 Å². The molecule has 0 radical (unpaired) electrons. The standard InChI is InChI=1S/C23H20ClNO3/c1-16-8-7-11-18(14-16)28-22(26)15-21(17-9-3-2-4-10-17)25-23(27)19-12-5-6-13-20(19)24/h2-14,21H,15H2,1H3,(H,25,27)/t21-/m0/s1. The molecular formula is C23H20ClNO3. The van der Waals surface area contributed by atoms with Crippen molar-refractivity contribution in [3.05, 3.63) is 101 Å². The van der Waals surface area contributed by atoms with Crippen LogP contribution in [0.1, 0.15) is 33.9 Å². The maximum absolute atomic E-state index is 12.7. The molecule has 142 valence electrons. The van der Waals surface area contributed by atoms with Crippen LogP contribution in [0.5, 0.6) is 5.75 Å². The van der Waals surface area contributed by atoms with Crippen molar-refractivity contribution < 1.29 is 14.3 Å². The lowest BCUT2D eigenvalue weighted by molar-refractivity contribution is -0.134. The van der Waals surface area contributed by atoms with Crippen molar-refractivity contribution in [2.45, 2.75) is 19.4 Å². The first-order valence-electron chi connectivity index (χ1n) is 8.90. The molecule has 0 aliphatic carbocycles. The quantitative estimate of drug-likeness (QED) is 0.467. The number of ether oxygens (including phenoxy) is 1. The second-order valence-electron chi connectivity index (χ2n) is 6.41. The third kappa shape index (κ3) is 5.21. The van der Waals surface area contributed by atoms with Crippen LogP contribution in [-0.4, -0.2) is 11.9 Å². The predicted octanol–water partition coefficient (Wildman–Crippen LogP) is 5.12. The Kier molecular flexibility index (Phi) is 6.45. The molecule has 3 aromatic rings. The van der Waals surface area contributed by atoms with E-state index >= 15 is 0 Å². The number of nitrogens with one attached hydrogen (secondary N) is 1. The first-order valence-corrected chi connectivity index (χ1v) is 9.28. The summed E-state index contributed by atoms with van der Waals surface area (Å²) in [6.45, 7) is 1.92. The molecule has 0 aliphatic rings. The van der Waals surface area contributed by atoms with Gasteiger partial charge in [0.15, 0.2) is 0 Å². The van der Waals surface area contributed by atoms with Crippen LogP contribution >= 0.6 is 11.6 Å². The first kappa shape index (κ1) is 19.6. The summed E-state index contributed by atoms with van der Waals surface area (Å²) in [6, 6.07) is 22.8. The van der Waals surface area contributed by atoms with Gasteiger partial charge in [-0.2, -0.15) is 0 Å². The summed E-state index contributed by atoms with van der Waals surface area (Å²) in [6.07, 6.45) is -0.00581. The van der Waals surface area contributed by atoms with Crippen LogP contribution in [0.2, 0.25) is 5.02 Å². The van der Waals surface area contributed by atoms with Gasteiger partial charge in [-0.3, -0.25) is 9.59 Å². The Bertz CT molecular complexity index is 972. The van der Waals surface area contributed by atoms with Crippen LogP contribution in [0.25, 0.3) is 0 Å². The van der Waals surface area contributed by atoms with Crippen LogP contribution in [0.3, 0.4) is 0 Å². The smallest absolute Gasteiger partial charge is 0.313 e. The molecule has 1 N–H and O–H groups in total. The molecule has 5 heteroatoms. The molecule has 0 spiro atoms. The summed E-state index contributed by atoms with van der Waals surface area (Å²) in [4.78, 5) is 25.2. The fourth-order valence-electron chi connectivity index (χ4n) is 2.84. The van der Waals surface area contributed by atoms with E-state index in [2.05, 4.69) is 5.32 Å². The molecule has 0 unspecified atom stereocenters. The van der Waals surface area contributed by atoms with Crippen molar-refractivity contribution >= 4 is 23.5 Å². The van der Waals surface area contributed by atoms with Crippen molar-refractivity contribution in [2.24, 2.45) is 0 Å². The van der Waals surface area contributed by atoms with Crippen LogP contribution in [-0.2, 0) is 4.79 Å². The van der Waals surface area contributed by atoms with Gasteiger partial charge in [0.1, 0.15) is 5.75 Å². The highest BCUT2D eigenvalue weighted by Crippen LogP contribution is 2.22. The lowest BCUT2D eigenvalue weighted by Gasteiger charge is -2.19. The van der Waals surface area contributed by atoms with Crippen LogP contribution in [0, 0.1) is 6.92 Å². The highest BCUT2D eigenvalue weighted by atomic mass is 35.5. The number of esters is 1. The molecule has 3 aromatic carbocycles. The number of halogens is 1. The second kappa shape index (κ2) is 9.20. The van der Waals surface area contributed by atoms with E-state index in [1.54, 1.807) is 36.4 Å². The van der Waals surface area contributed by atoms with Crippen LogP contribution in [0.15, 0.2) is 78.9 Å². The van der Waals surface area contributed by atoms with Gasteiger partial charge in [0.05, 0.1) is 23.0 Å². The lowest BCUT2D eigenvalue weighted by atomic mass is 10.0. The van der Waals surface area contributed by atoms with Crippen LogP contribution in [0.4, 0.5) is 0 Å². The number of carbonyl (C=O) groups excluding carboxylic acids is 2. The van der Waals surface area contributed by atoms with Gasteiger partial charge in [-0.25, -0.2) is 0 Å². The Balaban J connectivity index is 1.77. The second-order valence-corrected chi connectivity index (χ2v) is 6.82. The van der Waals surface area contributed by atoms with E-state index in [1.165, 1.54) is 0 Å². The minimum atomic E-state index is -0.540. The molecule has 4 nitrogen and oxygen atoms in total. The topological polar surface area (TPSA) is 55.4 Å². The van der Waals surface area contributed by atoms with Crippen molar-refractivity contribution in [2.75, 3.05) is 0 Å². The van der Waals surface area contributed by atoms with E-state index in [0.29, 0.717) is 16.3 Å². The van der Waals surface area contributed by atoms with E-state index in [4.69, 9.17) is 16.3 Å². The molecule has 0 fully saturated rings. The molecule has 28 heavy (non-hydrogen) atoms. The maximum Gasteiger partial charge on any atom is 0.313 e. The molecule has 0 saturated carbocycles. The number of rotatable bonds is 6. The van der Waals surface area contributed by atoms with E-state index in [1.807, 2.05) is 49.4 Å². The number of amides is 1. The fraction of sp³-hybridized carbons (Fsp3) is 0.130. The zero-order chi connectivity index (χ0) is 19.9. The van der Waals surface area contributed by atoms with E-state index in [9.17, 15) is 9.59 Å².